The van der Waals surface area contributed by atoms with E-state index in [4.69, 9.17) is 10.5 Å². The maximum absolute atomic E-state index is 10.00. The highest BCUT2D eigenvalue weighted by atomic mass is 16.5. The van der Waals surface area contributed by atoms with Crippen molar-refractivity contribution in [3.63, 3.8) is 0 Å². The summed E-state index contributed by atoms with van der Waals surface area (Å²) in [5.74, 6) is 0.804. The van der Waals surface area contributed by atoms with Gasteiger partial charge in [-0.05, 0) is 38.4 Å². The van der Waals surface area contributed by atoms with Crippen molar-refractivity contribution in [2.45, 2.75) is 25.4 Å². The van der Waals surface area contributed by atoms with Gasteiger partial charge in [0.15, 0.2) is 0 Å². The Hall–Kier alpha value is -1.26. The minimum Gasteiger partial charge on any atom is -0.492 e. The van der Waals surface area contributed by atoms with Crippen LogP contribution in [0.3, 0.4) is 0 Å². The zero-order valence-corrected chi connectivity index (χ0v) is 10.9. The Morgan fingerprint density at radius 2 is 2.33 bits per heavy atom. The SMILES string of the molecule is CC1(O)CCCN(CCOc2cccc(N)c2)C1. The molecule has 0 amide bonds. The minimum absolute atomic E-state index is 0.546. The third-order valence-electron chi connectivity index (χ3n) is 3.29. The van der Waals surface area contributed by atoms with E-state index in [1.54, 1.807) is 0 Å². The van der Waals surface area contributed by atoms with E-state index in [0.29, 0.717) is 12.3 Å². The van der Waals surface area contributed by atoms with Crippen molar-refractivity contribution < 1.29 is 9.84 Å². The van der Waals surface area contributed by atoms with Gasteiger partial charge in [-0.15, -0.1) is 0 Å². The Bertz CT molecular complexity index is 393. The first kappa shape index (κ1) is 13.2. The van der Waals surface area contributed by atoms with Gasteiger partial charge in [-0.25, -0.2) is 0 Å². The lowest BCUT2D eigenvalue weighted by molar-refractivity contribution is -0.0183. The molecule has 1 aliphatic rings. The largest absolute Gasteiger partial charge is 0.492 e. The van der Waals surface area contributed by atoms with E-state index >= 15 is 0 Å². The third kappa shape index (κ3) is 3.89. The number of nitrogen functional groups attached to an aromatic ring is 1. The molecule has 0 radical (unpaired) electrons. The summed E-state index contributed by atoms with van der Waals surface area (Å²) in [5.41, 5.74) is 5.86. The number of hydrogen-bond acceptors (Lipinski definition) is 4. The fraction of sp³-hybridized carbons (Fsp3) is 0.571. The second-order valence-electron chi connectivity index (χ2n) is 5.30. The fourth-order valence-electron chi connectivity index (χ4n) is 2.41. The van der Waals surface area contributed by atoms with Gasteiger partial charge in [0.05, 0.1) is 5.60 Å². The van der Waals surface area contributed by atoms with Crippen LogP contribution in [0, 0.1) is 0 Å². The number of benzene rings is 1. The number of piperidine rings is 1. The molecule has 4 heteroatoms. The van der Waals surface area contributed by atoms with Gasteiger partial charge in [-0.2, -0.15) is 0 Å². The predicted molar refractivity (Wildman–Crippen MR) is 72.6 cm³/mol. The highest BCUT2D eigenvalue weighted by Crippen LogP contribution is 2.20. The molecular weight excluding hydrogens is 228 g/mol. The number of β-amino-alcohol motifs (C(OH)–C–C–N with tert-alkyl or cyclic N) is 1. The van der Waals surface area contributed by atoms with Crippen LogP contribution in [0.5, 0.6) is 5.75 Å². The van der Waals surface area contributed by atoms with E-state index < -0.39 is 5.60 Å². The summed E-state index contributed by atoms with van der Waals surface area (Å²) in [6.45, 7) is 5.13. The van der Waals surface area contributed by atoms with Gasteiger partial charge >= 0.3 is 0 Å². The van der Waals surface area contributed by atoms with E-state index in [1.807, 2.05) is 31.2 Å². The Balaban J connectivity index is 1.75. The lowest BCUT2D eigenvalue weighted by Crippen LogP contribution is -2.47. The summed E-state index contributed by atoms with van der Waals surface area (Å²) >= 11 is 0. The monoisotopic (exact) mass is 250 g/mol. The van der Waals surface area contributed by atoms with Gasteiger partial charge in [0.1, 0.15) is 12.4 Å². The summed E-state index contributed by atoms with van der Waals surface area (Å²) in [7, 11) is 0. The average molecular weight is 250 g/mol. The molecule has 1 aromatic carbocycles. The lowest BCUT2D eigenvalue weighted by atomic mass is 9.95. The molecule has 4 nitrogen and oxygen atoms in total. The summed E-state index contributed by atoms with van der Waals surface area (Å²) in [6.07, 6.45) is 1.94. The number of nitrogens with two attached hydrogens (primary N) is 1. The Morgan fingerprint density at radius 1 is 1.50 bits per heavy atom. The Labute approximate surface area is 108 Å². The first-order valence-electron chi connectivity index (χ1n) is 6.48. The van der Waals surface area contributed by atoms with Crippen molar-refractivity contribution in [1.29, 1.82) is 0 Å². The fourth-order valence-corrected chi connectivity index (χ4v) is 2.41. The standard InChI is InChI=1S/C14H22N2O2/c1-14(17)6-3-7-16(11-14)8-9-18-13-5-2-4-12(15)10-13/h2,4-5,10,17H,3,6-9,11,15H2,1H3. The van der Waals surface area contributed by atoms with Gasteiger partial charge in [0, 0.05) is 24.8 Å². The molecule has 1 atom stereocenters. The quantitative estimate of drug-likeness (QED) is 0.795. The first-order chi connectivity index (χ1) is 8.55. The summed E-state index contributed by atoms with van der Waals surface area (Å²) in [4.78, 5) is 2.25. The van der Waals surface area contributed by atoms with Crippen molar-refractivity contribution >= 4 is 5.69 Å². The van der Waals surface area contributed by atoms with Crippen LogP contribution in [0.1, 0.15) is 19.8 Å². The number of ether oxygens (including phenoxy) is 1. The molecule has 0 aliphatic carbocycles. The van der Waals surface area contributed by atoms with Crippen molar-refractivity contribution in [2.24, 2.45) is 0 Å². The van der Waals surface area contributed by atoms with Crippen molar-refractivity contribution in [3.05, 3.63) is 24.3 Å². The van der Waals surface area contributed by atoms with Crippen LogP contribution in [0.2, 0.25) is 0 Å². The highest BCUT2D eigenvalue weighted by Gasteiger charge is 2.27. The first-order valence-corrected chi connectivity index (χ1v) is 6.48. The second-order valence-corrected chi connectivity index (χ2v) is 5.30. The maximum Gasteiger partial charge on any atom is 0.121 e. The van der Waals surface area contributed by atoms with E-state index in [1.165, 1.54) is 0 Å². The Morgan fingerprint density at radius 3 is 3.06 bits per heavy atom. The average Bonchev–Trinajstić information content (AvgIpc) is 2.28. The summed E-state index contributed by atoms with van der Waals surface area (Å²) in [6, 6.07) is 7.46. The normalized spacial score (nSPS) is 25.0. The highest BCUT2D eigenvalue weighted by molar-refractivity contribution is 5.43. The molecule has 18 heavy (non-hydrogen) atoms. The van der Waals surface area contributed by atoms with Crippen LogP contribution >= 0.6 is 0 Å². The molecule has 0 aromatic heterocycles. The number of likely N-dealkylation sites (tertiary alicyclic amines) is 1. The van der Waals surface area contributed by atoms with Gasteiger partial charge in [0.25, 0.3) is 0 Å². The number of rotatable bonds is 4. The van der Waals surface area contributed by atoms with Gasteiger partial charge in [0.2, 0.25) is 0 Å². The number of hydrogen-bond donors (Lipinski definition) is 2. The van der Waals surface area contributed by atoms with Gasteiger partial charge in [-0.3, -0.25) is 4.90 Å². The van der Waals surface area contributed by atoms with Crippen LogP contribution in [0.25, 0.3) is 0 Å². The van der Waals surface area contributed by atoms with Crippen molar-refractivity contribution in [3.8, 4) is 5.75 Å². The lowest BCUT2D eigenvalue weighted by Gasteiger charge is -2.36. The van der Waals surface area contributed by atoms with E-state index in [9.17, 15) is 5.11 Å². The van der Waals surface area contributed by atoms with E-state index in [0.717, 1.165) is 38.2 Å². The molecule has 1 heterocycles. The molecule has 1 fully saturated rings. The van der Waals surface area contributed by atoms with Gasteiger partial charge < -0.3 is 15.6 Å². The summed E-state index contributed by atoms with van der Waals surface area (Å²) < 4.78 is 5.65. The molecule has 0 saturated carbocycles. The molecule has 100 valence electrons. The second kappa shape index (κ2) is 5.59. The van der Waals surface area contributed by atoms with Gasteiger partial charge in [-0.1, -0.05) is 6.07 Å². The zero-order valence-electron chi connectivity index (χ0n) is 10.9. The third-order valence-corrected chi connectivity index (χ3v) is 3.29. The topological polar surface area (TPSA) is 58.7 Å². The summed E-state index contributed by atoms with van der Waals surface area (Å²) in [5, 5.41) is 10.00. The number of aliphatic hydroxyl groups is 1. The molecule has 2 rings (SSSR count). The zero-order chi connectivity index (χ0) is 13.0. The maximum atomic E-state index is 10.00. The predicted octanol–water partition coefficient (Wildman–Crippen LogP) is 1.49. The van der Waals surface area contributed by atoms with E-state index in [2.05, 4.69) is 4.90 Å². The molecule has 1 aromatic rings. The number of nitrogens with zero attached hydrogens (tertiary/aromatic N) is 1. The van der Waals surface area contributed by atoms with Crippen LogP contribution < -0.4 is 10.5 Å². The molecular formula is C14H22N2O2. The van der Waals surface area contributed by atoms with Crippen molar-refractivity contribution in [2.75, 3.05) is 32.0 Å². The molecule has 3 N–H and O–H groups in total. The van der Waals surface area contributed by atoms with E-state index in [-0.39, 0.29) is 0 Å². The molecule has 1 unspecified atom stereocenters. The smallest absolute Gasteiger partial charge is 0.121 e. The van der Waals surface area contributed by atoms with Crippen LogP contribution in [-0.4, -0.2) is 41.8 Å². The Kier molecular flexibility index (Phi) is 4.09. The molecule has 1 saturated heterocycles. The van der Waals surface area contributed by atoms with Crippen LogP contribution in [-0.2, 0) is 0 Å². The minimum atomic E-state index is -0.546. The molecule has 0 bridgehead atoms. The van der Waals surface area contributed by atoms with Crippen molar-refractivity contribution in [1.82, 2.24) is 4.90 Å². The molecule has 0 spiro atoms. The van der Waals surface area contributed by atoms with Crippen LogP contribution in [0.4, 0.5) is 5.69 Å². The molecule has 1 aliphatic heterocycles. The number of anilines is 1. The van der Waals surface area contributed by atoms with Crippen LogP contribution in [0.15, 0.2) is 24.3 Å².